The van der Waals surface area contributed by atoms with E-state index in [2.05, 4.69) is 34.3 Å². The lowest BCUT2D eigenvalue weighted by molar-refractivity contribution is 0.174. The lowest BCUT2D eigenvalue weighted by Crippen LogP contribution is -2.28. The molecule has 2 aliphatic rings. The Morgan fingerprint density at radius 1 is 1.10 bits per heavy atom. The number of likely N-dealkylation sites (tertiary alicyclic amines) is 1. The Balaban J connectivity index is 1.38. The van der Waals surface area contributed by atoms with Crippen molar-refractivity contribution in [2.24, 2.45) is 0 Å². The van der Waals surface area contributed by atoms with Crippen molar-refractivity contribution >= 4 is 0 Å². The van der Waals surface area contributed by atoms with Gasteiger partial charge in [0.15, 0.2) is 17.3 Å². The molecule has 2 aliphatic heterocycles. The van der Waals surface area contributed by atoms with Gasteiger partial charge in [-0.15, -0.1) is 0 Å². The first kappa shape index (κ1) is 18.2. The Labute approximate surface area is 170 Å². The number of rotatable bonds is 5. The quantitative estimate of drug-likeness (QED) is 0.639. The van der Waals surface area contributed by atoms with Gasteiger partial charge < -0.3 is 14.0 Å². The van der Waals surface area contributed by atoms with Gasteiger partial charge in [-0.25, -0.2) is 0 Å². The van der Waals surface area contributed by atoms with Gasteiger partial charge in [-0.05, 0) is 44.5 Å². The highest BCUT2D eigenvalue weighted by atomic mass is 16.7. The van der Waals surface area contributed by atoms with Gasteiger partial charge in [-0.3, -0.25) is 9.58 Å². The van der Waals surface area contributed by atoms with Crippen LogP contribution in [0.5, 0.6) is 11.5 Å². The first-order valence-electron chi connectivity index (χ1n) is 10.4. The summed E-state index contributed by atoms with van der Waals surface area (Å²) < 4.78 is 18.6. The molecule has 1 saturated heterocycles. The second-order valence-corrected chi connectivity index (χ2v) is 7.72. The standard InChI is InChI=1S/C22H26N4O3/c1-2-26-14-16(12-23-26)13-25-9-5-3-4-6-19(25)18-11-21(29-24-18)17-7-8-20-22(10-17)28-15-27-20/h7-8,10-12,14,19H,2-6,9,13,15H2,1H3/t19-/m1/s1. The van der Waals surface area contributed by atoms with Crippen LogP contribution in [0.15, 0.2) is 41.2 Å². The maximum atomic E-state index is 5.74. The van der Waals surface area contributed by atoms with Crippen LogP contribution in [0.25, 0.3) is 11.3 Å². The maximum Gasteiger partial charge on any atom is 0.231 e. The number of nitrogens with zero attached hydrogens (tertiary/aromatic N) is 4. The van der Waals surface area contributed by atoms with Gasteiger partial charge in [0.2, 0.25) is 6.79 Å². The zero-order valence-corrected chi connectivity index (χ0v) is 16.7. The molecule has 1 fully saturated rings. The third-order valence-electron chi connectivity index (χ3n) is 5.79. The van der Waals surface area contributed by atoms with Gasteiger partial charge in [-0.2, -0.15) is 5.10 Å². The van der Waals surface area contributed by atoms with E-state index in [-0.39, 0.29) is 12.8 Å². The fraction of sp³-hybridized carbons (Fsp3) is 0.455. The van der Waals surface area contributed by atoms with Crippen LogP contribution in [0, 0.1) is 0 Å². The molecule has 1 aromatic carbocycles. The van der Waals surface area contributed by atoms with E-state index in [1.165, 1.54) is 24.8 Å². The highest BCUT2D eigenvalue weighted by Gasteiger charge is 2.26. The molecule has 2 aromatic heterocycles. The van der Waals surface area contributed by atoms with Crippen LogP contribution in [0.1, 0.15) is 49.9 Å². The number of aromatic nitrogens is 3. The van der Waals surface area contributed by atoms with Crippen LogP contribution in [0.4, 0.5) is 0 Å². The van der Waals surface area contributed by atoms with Crippen molar-refractivity contribution < 1.29 is 14.0 Å². The molecule has 0 aliphatic carbocycles. The topological polar surface area (TPSA) is 65.5 Å². The molecule has 0 bridgehead atoms. The normalized spacial score (nSPS) is 19.4. The Morgan fingerprint density at radius 2 is 2.03 bits per heavy atom. The van der Waals surface area contributed by atoms with Crippen molar-refractivity contribution in [3.63, 3.8) is 0 Å². The molecule has 0 radical (unpaired) electrons. The van der Waals surface area contributed by atoms with Crippen LogP contribution in [0.3, 0.4) is 0 Å². The minimum Gasteiger partial charge on any atom is -0.454 e. The molecule has 0 spiro atoms. The van der Waals surface area contributed by atoms with E-state index >= 15 is 0 Å². The largest absolute Gasteiger partial charge is 0.454 e. The average Bonchev–Trinajstić information content (AvgIpc) is 3.47. The Kier molecular flexibility index (Phi) is 4.97. The number of aryl methyl sites for hydroxylation is 1. The number of ether oxygens (including phenoxy) is 2. The molecule has 0 saturated carbocycles. The van der Waals surface area contributed by atoms with Crippen LogP contribution in [0.2, 0.25) is 0 Å². The molecule has 7 heteroatoms. The third kappa shape index (κ3) is 3.74. The molecular weight excluding hydrogens is 368 g/mol. The summed E-state index contributed by atoms with van der Waals surface area (Å²) in [6, 6.07) is 8.20. The van der Waals surface area contributed by atoms with E-state index in [1.54, 1.807) is 0 Å². The van der Waals surface area contributed by atoms with Crippen molar-refractivity contribution in [2.75, 3.05) is 13.3 Å². The molecule has 0 N–H and O–H groups in total. The number of fused-ring (bicyclic) bond motifs is 1. The molecular formula is C22H26N4O3. The van der Waals surface area contributed by atoms with Crippen LogP contribution >= 0.6 is 0 Å². The fourth-order valence-electron chi connectivity index (χ4n) is 4.22. The summed E-state index contributed by atoms with van der Waals surface area (Å²) in [4.78, 5) is 2.52. The van der Waals surface area contributed by atoms with Crippen LogP contribution in [-0.2, 0) is 13.1 Å². The summed E-state index contributed by atoms with van der Waals surface area (Å²) in [6.45, 7) is 5.22. The van der Waals surface area contributed by atoms with Crippen LogP contribution < -0.4 is 9.47 Å². The lowest BCUT2D eigenvalue weighted by atomic mass is 10.0. The zero-order valence-electron chi connectivity index (χ0n) is 16.7. The monoisotopic (exact) mass is 394 g/mol. The van der Waals surface area contributed by atoms with Crippen molar-refractivity contribution in [2.45, 2.75) is 51.7 Å². The zero-order chi connectivity index (χ0) is 19.6. The van der Waals surface area contributed by atoms with E-state index in [4.69, 9.17) is 14.0 Å². The van der Waals surface area contributed by atoms with Crippen LogP contribution in [-0.4, -0.2) is 33.2 Å². The van der Waals surface area contributed by atoms with Gasteiger partial charge in [0.1, 0.15) is 5.69 Å². The molecule has 29 heavy (non-hydrogen) atoms. The van der Waals surface area contributed by atoms with Gasteiger partial charge in [-0.1, -0.05) is 18.0 Å². The van der Waals surface area contributed by atoms with E-state index in [9.17, 15) is 0 Å². The van der Waals surface area contributed by atoms with E-state index < -0.39 is 0 Å². The van der Waals surface area contributed by atoms with Gasteiger partial charge >= 0.3 is 0 Å². The number of hydrogen-bond acceptors (Lipinski definition) is 6. The van der Waals surface area contributed by atoms with E-state index in [1.807, 2.05) is 29.1 Å². The Bertz CT molecular complexity index is 980. The van der Waals surface area contributed by atoms with Gasteiger partial charge in [0.05, 0.1) is 12.2 Å². The van der Waals surface area contributed by atoms with E-state index in [0.29, 0.717) is 0 Å². The lowest BCUT2D eigenvalue weighted by Gasteiger charge is -2.27. The Morgan fingerprint density at radius 3 is 2.93 bits per heavy atom. The second kappa shape index (κ2) is 7.91. The number of benzene rings is 1. The van der Waals surface area contributed by atoms with Crippen molar-refractivity contribution in [3.05, 3.63) is 47.9 Å². The molecule has 4 heterocycles. The highest BCUT2D eigenvalue weighted by Crippen LogP contribution is 2.37. The summed E-state index contributed by atoms with van der Waals surface area (Å²) >= 11 is 0. The third-order valence-corrected chi connectivity index (χ3v) is 5.79. The second-order valence-electron chi connectivity index (χ2n) is 7.72. The summed E-state index contributed by atoms with van der Waals surface area (Å²) in [6.07, 6.45) is 8.89. The molecule has 5 rings (SSSR count). The fourth-order valence-corrected chi connectivity index (χ4v) is 4.22. The minimum absolute atomic E-state index is 0.258. The summed E-state index contributed by atoms with van der Waals surface area (Å²) in [5.74, 6) is 2.29. The minimum atomic E-state index is 0.258. The summed E-state index contributed by atoms with van der Waals surface area (Å²) in [5.41, 5.74) is 3.21. The SMILES string of the molecule is CCn1cc(CN2CCCCC[C@@H]2c2cc(-c3ccc4c(c3)OCO4)on2)cn1. The summed E-state index contributed by atoms with van der Waals surface area (Å²) in [7, 11) is 0. The van der Waals surface area contributed by atoms with Crippen molar-refractivity contribution in [1.82, 2.24) is 19.8 Å². The first-order chi connectivity index (χ1) is 14.3. The van der Waals surface area contributed by atoms with Crippen molar-refractivity contribution in [1.29, 1.82) is 0 Å². The maximum absolute atomic E-state index is 5.74. The molecule has 152 valence electrons. The first-order valence-corrected chi connectivity index (χ1v) is 10.4. The molecule has 0 amide bonds. The van der Waals surface area contributed by atoms with Gasteiger partial charge in [0.25, 0.3) is 0 Å². The molecule has 0 unspecified atom stereocenters. The molecule has 7 nitrogen and oxygen atoms in total. The van der Waals surface area contributed by atoms with Gasteiger partial charge in [0, 0.05) is 36.5 Å². The average molecular weight is 394 g/mol. The highest BCUT2D eigenvalue weighted by molar-refractivity contribution is 5.63. The number of hydrogen-bond donors (Lipinski definition) is 0. The molecule has 3 aromatic rings. The molecule has 1 atom stereocenters. The predicted molar refractivity (Wildman–Crippen MR) is 108 cm³/mol. The summed E-state index contributed by atoms with van der Waals surface area (Å²) in [5, 5.41) is 8.88. The Hall–Kier alpha value is -2.80. The van der Waals surface area contributed by atoms with Crippen molar-refractivity contribution in [3.8, 4) is 22.8 Å². The predicted octanol–water partition coefficient (Wildman–Crippen LogP) is 4.40. The smallest absolute Gasteiger partial charge is 0.231 e. The van der Waals surface area contributed by atoms with E-state index in [0.717, 1.165) is 54.6 Å².